The number of benzene rings is 1. The molecule has 2 rings (SSSR count). The van der Waals surface area contributed by atoms with Gasteiger partial charge in [-0.1, -0.05) is 0 Å². The molecule has 3 N–H and O–H groups in total. The fourth-order valence-electron chi connectivity index (χ4n) is 1.29. The zero-order valence-corrected chi connectivity index (χ0v) is 7.04. The highest BCUT2D eigenvalue weighted by molar-refractivity contribution is 5.89. The van der Waals surface area contributed by atoms with Crippen LogP contribution in [0.1, 0.15) is 0 Å². The number of fused-ring (bicyclic) bond motifs is 1. The number of rotatable bonds is 1. The molecular weight excluding hydrogens is 187 g/mol. The monoisotopic (exact) mass is 194 g/mol. The van der Waals surface area contributed by atoms with E-state index in [9.17, 15) is 9.18 Å². The zero-order chi connectivity index (χ0) is 10.1. The molecule has 14 heavy (non-hydrogen) atoms. The number of aromatic nitrogens is 1. The molecule has 0 aliphatic carbocycles. The Morgan fingerprint density at radius 3 is 2.93 bits per heavy atom. The second-order valence-corrected chi connectivity index (χ2v) is 2.84. The molecule has 0 saturated carbocycles. The van der Waals surface area contributed by atoms with Crippen molar-refractivity contribution in [3.8, 4) is 0 Å². The highest BCUT2D eigenvalue weighted by atomic mass is 19.1. The largest absolute Gasteiger partial charge is 0.465 e. The molecule has 1 aromatic carbocycles. The van der Waals surface area contributed by atoms with Crippen LogP contribution in [-0.4, -0.2) is 16.2 Å². The van der Waals surface area contributed by atoms with E-state index in [4.69, 9.17) is 5.11 Å². The third-order valence-corrected chi connectivity index (χ3v) is 1.82. The van der Waals surface area contributed by atoms with Crippen molar-refractivity contribution in [3.63, 3.8) is 0 Å². The van der Waals surface area contributed by atoms with Gasteiger partial charge in [0.1, 0.15) is 11.6 Å². The zero-order valence-electron chi connectivity index (χ0n) is 7.04. The Labute approximate surface area is 78.4 Å². The van der Waals surface area contributed by atoms with Crippen molar-refractivity contribution >= 4 is 22.8 Å². The minimum absolute atomic E-state index is 0.332. The number of hydrogen-bond acceptors (Lipinski definition) is 1. The predicted octanol–water partition coefficient (Wildman–Crippen LogP) is 2.40. The molecule has 0 fully saturated rings. The molecule has 0 atom stereocenters. The number of anilines is 1. The van der Waals surface area contributed by atoms with Gasteiger partial charge >= 0.3 is 6.09 Å². The maximum atomic E-state index is 12.8. The van der Waals surface area contributed by atoms with Crippen LogP contribution >= 0.6 is 0 Å². The number of carbonyl (C=O) groups is 1. The Balaban J connectivity index is 2.46. The molecule has 1 heterocycles. The average Bonchev–Trinajstić information content (AvgIpc) is 2.44. The molecular formula is C9H7FN2O2. The summed E-state index contributed by atoms with van der Waals surface area (Å²) in [5.74, 6) is -0.0172. The van der Waals surface area contributed by atoms with Crippen molar-refractivity contribution in [1.82, 2.24) is 4.98 Å². The molecule has 0 aliphatic heterocycles. The Kier molecular flexibility index (Phi) is 1.85. The number of aromatic amines is 1. The van der Waals surface area contributed by atoms with Gasteiger partial charge in [-0.3, -0.25) is 5.32 Å². The number of H-pyrrole nitrogens is 1. The fourth-order valence-corrected chi connectivity index (χ4v) is 1.29. The summed E-state index contributed by atoms with van der Waals surface area (Å²) in [4.78, 5) is 13.1. The summed E-state index contributed by atoms with van der Waals surface area (Å²) in [5, 5.41) is 11.2. The van der Waals surface area contributed by atoms with Gasteiger partial charge in [0.15, 0.2) is 0 Å². The molecule has 72 valence electrons. The quantitative estimate of drug-likeness (QED) is 0.652. The normalized spacial score (nSPS) is 10.4. The van der Waals surface area contributed by atoms with Gasteiger partial charge in [0, 0.05) is 10.9 Å². The maximum absolute atomic E-state index is 12.8. The number of halogens is 1. The molecule has 0 radical (unpaired) electrons. The maximum Gasteiger partial charge on any atom is 0.410 e. The van der Waals surface area contributed by atoms with Crippen molar-refractivity contribution in [3.05, 3.63) is 30.1 Å². The molecule has 4 nitrogen and oxygen atoms in total. The summed E-state index contributed by atoms with van der Waals surface area (Å²) >= 11 is 0. The van der Waals surface area contributed by atoms with E-state index in [0.29, 0.717) is 16.7 Å². The summed E-state index contributed by atoms with van der Waals surface area (Å²) < 4.78 is 12.8. The van der Waals surface area contributed by atoms with Crippen LogP contribution in [0.5, 0.6) is 0 Å². The summed E-state index contributed by atoms with van der Waals surface area (Å²) in [6.07, 6.45) is -1.16. The molecule has 5 heteroatoms. The highest BCUT2D eigenvalue weighted by Gasteiger charge is 2.03. The van der Waals surface area contributed by atoms with Gasteiger partial charge in [0.05, 0.1) is 0 Å². The topological polar surface area (TPSA) is 65.1 Å². The second-order valence-electron chi connectivity index (χ2n) is 2.84. The first-order chi connectivity index (χ1) is 6.65. The Hall–Kier alpha value is -2.04. The minimum atomic E-state index is -1.16. The molecule has 0 aliphatic rings. The lowest BCUT2D eigenvalue weighted by Crippen LogP contribution is -2.06. The van der Waals surface area contributed by atoms with Crippen molar-refractivity contribution in [1.29, 1.82) is 0 Å². The van der Waals surface area contributed by atoms with Gasteiger partial charge < -0.3 is 10.1 Å². The van der Waals surface area contributed by atoms with Crippen LogP contribution in [-0.2, 0) is 0 Å². The Morgan fingerprint density at radius 1 is 1.43 bits per heavy atom. The summed E-state index contributed by atoms with van der Waals surface area (Å²) in [7, 11) is 0. The van der Waals surface area contributed by atoms with Crippen molar-refractivity contribution in [2.75, 3.05) is 5.32 Å². The Morgan fingerprint density at radius 2 is 2.21 bits per heavy atom. The first-order valence-electron chi connectivity index (χ1n) is 3.93. The van der Waals surface area contributed by atoms with E-state index in [0.717, 1.165) is 0 Å². The third-order valence-electron chi connectivity index (χ3n) is 1.82. The van der Waals surface area contributed by atoms with Gasteiger partial charge in [-0.2, -0.15) is 0 Å². The SMILES string of the molecule is O=C(O)Nc1cc2cc(F)ccc2[nH]1. The first kappa shape index (κ1) is 8.55. The van der Waals surface area contributed by atoms with Gasteiger partial charge in [-0.25, -0.2) is 9.18 Å². The van der Waals surface area contributed by atoms with E-state index >= 15 is 0 Å². The predicted molar refractivity (Wildman–Crippen MR) is 49.9 cm³/mol. The van der Waals surface area contributed by atoms with Crippen LogP contribution < -0.4 is 5.32 Å². The van der Waals surface area contributed by atoms with Crippen LogP contribution in [0.15, 0.2) is 24.3 Å². The van der Waals surface area contributed by atoms with Crippen LogP contribution in [0.4, 0.5) is 15.0 Å². The molecule has 2 aromatic rings. The average molecular weight is 194 g/mol. The molecule has 0 spiro atoms. The minimum Gasteiger partial charge on any atom is -0.465 e. The summed E-state index contributed by atoms with van der Waals surface area (Å²) in [6.45, 7) is 0. The number of carboxylic acid groups (broad SMARTS) is 1. The summed E-state index contributed by atoms with van der Waals surface area (Å²) in [6, 6.07) is 5.73. The Bertz CT molecular complexity index is 493. The molecule has 0 unspecified atom stereocenters. The van der Waals surface area contributed by atoms with Crippen molar-refractivity contribution in [2.24, 2.45) is 0 Å². The van der Waals surface area contributed by atoms with Crippen LogP contribution in [0.2, 0.25) is 0 Å². The van der Waals surface area contributed by atoms with E-state index in [1.165, 1.54) is 18.2 Å². The molecule has 0 bridgehead atoms. The van der Waals surface area contributed by atoms with E-state index in [2.05, 4.69) is 10.3 Å². The number of hydrogen-bond donors (Lipinski definition) is 3. The number of nitrogens with one attached hydrogen (secondary N) is 2. The lowest BCUT2D eigenvalue weighted by molar-refractivity contribution is 0.209. The van der Waals surface area contributed by atoms with Crippen LogP contribution in [0, 0.1) is 5.82 Å². The highest BCUT2D eigenvalue weighted by Crippen LogP contribution is 2.19. The first-order valence-corrected chi connectivity index (χ1v) is 3.93. The molecule has 1 aromatic heterocycles. The lowest BCUT2D eigenvalue weighted by Gasteiger charge is -1.92. The summed E-state index contributed by atoms with van der Waals surface area (Å²) in [5.41, 5.74) is 0.690. The van der Waals surface area contributed by atoms with Crippen LogP contribution in [0.25, 0.3) is 10.9 Å². The van der Waals surface area contributed by atoms with Gasteiger partial charge in [0.25, 0.3) is 0 Å². The van der Waals surface area contributed by atoms with Crippen LogP contribution in [0.3, 0.4) is 0 Å². The fraction of sp³-hybridized carbons (Fsp3) is 0. The van der Waals surface area contributed by atoms with E-state index in [1.54, 1.807) is 6.07 Å². The standard InChI is InChI=1S/C9H7FN2O2/c10-6-1-2-7-5(3-6)4-8(11-7)12-9(13)14/h1-4,11-12H,(H,13,14). The van der Waals surface area contributed by atoms with E-state index < -0.39 is 6.09 Å². The van der Waals surface area contributed by atoms with Gasteiger partial charge in [-0.05, 0) is 24.3 Å². The van der Waals surface area contributed by atoms with Gasteiger partial charge in [0.2, 0.25) is 0 Å². The number of amides is 1. The molecule has 1 amide bonds. The van der Waals surface area contributed by atoms with E-state index in [-0.39, 0.29) is 5.82 Å². The lowest BCUT2D eigenvalue weighted by atomic mass is 10.2. The molecule has 0 saturated heterocycles. The smallest absolute Gasteiger partial charge is 0.410 e. The van der Waals surface area contributed by atoms with Crippen molar-refractivity contribution < 1.29 is 14.3 Å². The second kappa shape index (κ2) is 3.02. The van der Waals surface area contributed by atoms with Crippen molar-refractivity contribution in [2.45, 2.75) is 0 Å². The van der Waals surface area contributed by atoms with E-state index in [1.807, 2.05) is 0 Å². The third kappa shape index (κ3) is 1.52. The van der Waals surface area contributed by atoms with Gasteiger partial charge in [-0.15, -0.1) is 0 Å².